The number of carbonyl (C=O) groups is 1. The van der Waals surface area contributed by atoms with Crippen molar-refractivity contribution in [2.45, 2.75) is 44.6 Å². The Morgan fingerprint density at radius 3 is 2.93 bits per heavy atom. The van der Waals surface area contributed by atoms with Crippen LogP contribution in [-0.2, 0) is 23.1 Å². The van der Waals surface area contributed by atoms with Crippen LogP contribution in [0.1, 0.15) is 37.0 Å². The van der Waals surface area contributed by atoms with Gasteiger partial charge in [-0.05, 0) is 61.9 Å². The third-order valence-electron chi connectivity index (χ3n) is 6.27. The fourth-order valence-corrected chi connectivity index (χ4v) is 4.68. The van der Waals surface area contributed by atoms with Crippen LogP contribution < -0.4 is 10.6 Å². The van der Waals surface area contributed by atoms with Crippen LogP contribution in [0, 0.1) is 0 Å². The summed E-state index contributed by atoms with van der Waals surface area (Å²) in [4.78, 5) is 18.3. The van der Waals surface area contributed by atoms with Gasteiger partial charge in [-0.3, -0.25) is 9.89 Å². The molecule has 0 radical (unpaired) electrons. The van der Waals surface area contributed by atoms with Crippen LogP contribution in [0.3, 0.4) is 0 Å². The Kier molecular flexibility index (Phi) is 3.70. The van der Waals surface area contributed by atoms with Gasteiger partial charge in [0.1, 0.15) is 0 Å². The third kappa shape index (κ3) is 2.29. The zero-order chi connectivity index (χ0) is 19.6. The molecule has 1 aliphatic carbocycles. The number of aromatic amines is 2. The standard InChI is InChI=1S/C21H25N5O2/c1-21(2)15-7-16-14(6-17(15)26(20(21)28)10-12(27)8-22)13-5-3-4-11-9-23-25-18(11)19(13)24-16/h6-7,9,12,24,27H,3-5,8,10,22H2,1-2H3,(H,23,25). The molecule has 0 fully saturated rings. The second-order valence-corrected chi connectivity index (χ2v) is 8.45. The first kappa shape index (κ1) is 17.5. The van der Waals surface area contributed by atoms with Gasteiger partial charge < -0.3 is 20.7 Å². The Morgan fingerprint density at radius 2 is 2.14 bits per heavy atom. The minimum atomic E-state index is -0.739. The Morgan fingerprint density at radius 1 is 1.32 bits per heavy atom. The summed E-state index contributed by atoms with van der Waals surface area (Å²) in [7, 11) is 0. The normalized spacial score (nSPS) is 18.7. The number of aliphatic hydroxyl groups excluding tert-OH is 1. The lowest BCUT2D eigenvalue weighted by atomic mass is 9.85. The monoisotopic (exact) mass is 379 g/mol. The maximum Gasteiger partial charge on any atom is 0.237 e. The first-order chi connectivity index (χ1) is 13.4. The van der Waals surface area contributed by atoms with E-state index in [9.17, 15) is 9.90 Å². The highest BCUT2D eigenvalue weighted by Crippen LogP contribution is 2.46. The largest absolute Gasteiger partial charge is 0.390 e. The predicted molar refractivity (Wildman–Crippen MR) is 108 cm³/mol. The van der Waals surface area contributed by atoms with Gasteiger partial charge in [-0.1, -0.05) is 0 Å². The third-order valence-corrected chi connectivity index (χ3v) is 6.27. The first-order valence-corrected chi connectivity index (χ1v) is 9.83. The van der Waals surface area contributed by atoms with Crippen LogP contribution in [0.5, 0.6) is 0 Å². The predicted octanol–water partition coefficient (Wildman–Crippen LogP) is 1.99. The first-order valence-electron chi connectivity index (χ1n) is 9.83. The molecule has 1 aromatic carbocycles. The van der Waals surface area contributed by atoms with Gasteiger partial charge in [0.2, 0.25) is 5.91 Å². The number of nitrogens with two attached hydrogens (primary N) is 1. The van der Waals surface area contributed by atoms with Gasteiger partial charge in [0.15, 0.2) is 0 Å². The summed E-state index contributed by atoms with van der Waals surface area (Å²) in [6.07, 6.45) is 4.20. The molecule has 3 aromatic rings. The van der Waals surface area contributed by atoms with Crippen LogP contribution in [-0.4, -0.2) is 45.4 Å². The number of nitrogens with one attached hydrogen (secondary N) is 2. The number of aromatic nitrogens is 3. The Hall–Kier alpha value is -2.64. The maximum absolute atomic E-state index is 13.1. The lowest BCUT2D eigenvalue weighted by molar-refractivity contribution is -0.122. The molecule has 7 heteroatoms. The lowest BCUT2D eigenvalue weighted by Gasteiger charge is -2.22. The number of aliphatic hydroxyl groups is 1. The summed E-state index contributed by atoms with van der Waals surface area (Å²) in [5, 5.41) is 18.6. The molecule has 5 rings (SSSR count). The number of rotatable bonds is 3. The summed E-state index contributed by atoms with van der Waals surface area (Å²) in [5.74, 6) is 0.00426. The van der Waals surface area contributed by atoms with Gasteiger partial charge in [-0.2, -0.15) is 5.10 Å². The fraction of sp³-hybridized carbons (Fsp3) is 0.429. The molecule has 0 bridgehead atoms. The molecular formula is C21H25N5O2. The Labute approximate surface area is 162 Å². The number of H-pyrrole nitrogens is 2. The number of benzene rings is 1. The highest BCUT2D eigenvalue weighted by atomic mass is 16.3. The topological polar surface area (TPSA) is 111 Å². The molecule has 0 saturated heterocycles. The zero-order valence-electron chi connectivity index (χ0n) is 16.2. The van der Waals surface area contributed by atoms with Crippen molar-refractivity contribution in [2.24, 2.45) is 5.73 Å². The van der Waals surface area contributed by atoms with Crippen molar-refractivity contribution in [1.82, 2.24) is 15.2 Å². The summed E-state index contributed by atoms with van der Waals surface area (Å²) >= 11 is 0. The van der Waals surface area contributed by atoms with Crippen molar-refractivity contribution >= 4 is 22.5 Å². The number of hydrogen-bond donors (Lipinski definition) is 4. The van der Waals surface area contributed by atoms with Crippen LogP contribution in [0.25, 0.3) is 22.3 Å². The Balaban J connectivity index is 1.72. The van der Waals surface area contributed by atoms with E-state index in [-0.39, 0.29) is 19.0 Å². The van der Waals surface area contributed by atoms with E-state index in [1.54, 1.807) is 4.90 Å². The summed E-state index contributed by atoms with van der Waals surface area (Å²) < 4.78 is 0. The van der Waals surface area contributed by atoms with E-state index in [0.717, 1.165) is 52.8 Å². The van der Waals surface area contributed by atoms with Gasteiger partial charge in [0.25, 0.3) is 0 Å². The van der Waals surface area contributed by atoms with E-state index in [0.29, 0.717) is 0 Å². The number of carbonyl (C=O) groups excluding carboxylic acids is 1. The molecular weight excluding hydrogens is 354 g/mol. The molecule has 1 amide bonds. The van der Waals surface area contributed by atoms with Crippen LogP contribution in [0.15, 0.2) is 18.3 Å². The van der Waals surface area contributed by atoms with Gasteiger partial charge in [0.05, 0.1) is 35.6 Å². The highest BCUT2D eigenvalue weighted by Gasteiger charge is 2.44. The lowest BCUT2D eigenvalue weighted by Crippen LogP contribution is -2.42. The summed E-state index contributed by atoms with van der Waals surface area (Å²) in [6, 6.07) is 4.21. The quantitative estimate of drug-likeness (QED) is 0.558. The van der Waals surface area contributed by atoms with E-state index in [2.05, 4.69) is 27.3 Å². The van der Waals surface area contributed by atoms with E-state index >= 15 is 0 Å². The van der Waals surface area contributed by atoms with Crippen molar-refractivity contribution < 1.29 is 9.90 Å². The maximum atomic E-state index is 13.1. The number of aryl methyl sites for hydroxylation is 2. The van der Waals surface area contributed by atoms with Gasteiger partial charge in [0, 0.05) is 23.1 Å². The van der Waals surface area contributed by atoms with Gasteiger partial charge in [-0.25, -0.2) is 0 Å². The fourth-order valence-electron chi connectivity index (χ4n) is 4.68. The van der Waals surface area contributed by atoms with Gasteiger partial charge in [-0.15, -0.1) is 0 Å². The van der Waals surface area contributed by atoms with Crippen molar-refractivity contribution in [3.63, 3.8) is 0 Å². The molecule has 3 heterocycles. The van der Waals surface area contributed by atoms with Crippen molar-refractivity contribution in [3.8, 4) is 11.4 Å². The summed E-state index contributed by atoms with van der Waals surface area (Å²) in [5.41, 5.74) is 12.5. The molecule has 2 aromatic heterocycles. The number of hydrogen-bond acceptors (Lipinski definition) is 4. The molecule has 0 saturated carbocycles. The number of anilines is 1. The number of nitrogens with zero attached hydrogens (tertiary/aromatic N) is 2. The van der Waals surface area contributed by atoms with Gasteiger partial charge >= 0.3 is 0 Å². The smallest absolute Gasteiger partial charge is 0.237 e. The molecule has 7 nitrogen and oxygen atoms in total. The molecule has 5 N–H and O–H groups in total. The second-order valence-electron chi connectivity index (χ2n) is 8.45. The number of fused-ring (bicyclic) bond motifs is 6. The Bertz CT molecular complexity index is 1090. The van der Waals surface area contributed by atoms with Crippen LogP contribution in [0.2, 0.25) is 0 Å². The molecule has 1 aliphatic heterocycles. The van der Waals surface area contributed by atoms with E-state index < -0.39 is 11.5 Å². The van der Waals surface area contributed by atoms with Crippen molar-refractivity contribution in [3.05, 3.63) is 35.0 Å². The SMILES string of the molecule is CC1(C)C(=O)N(CC(O)CN)c2cc3c4c([nH]c3cc21)-c1[nH]ncc1CCC4. The molecule has 146 valence electrons. The molecule has 1 unspecified atom stereocenters. The highest BCUT2D eigenvalue weighted by molar-refractivity contribution is 6.10. The minimum Gasteiger partial charge on any atom is -0.390 e. The van der Waals surface area contributed by atoms with Crippen LogP contribution >= 0.6 is 0 Å². The zero-order valence-corrected chi connectivity index (χ0v) is 16.2. The molecule has 0 spiro atoms. The van der Waals surface area contributed by atoms with Crippen molar-refractivity contribution in [1.29, 1.82) is 0 Å². The van der Waals surface area contributed by atoms with E-state index in [1.165, 1.54) is 11.1 Å². The molecule has 28 heavy (non-hydrogen) atoms. The number of amides is 1. The minimum absolute atomic E-state index is 0.00426. The van der Waals surface area contributed by atoms with Crippen LogP contribution in [0.4, 0.5) is 5.69 Å². The molecule has 2 aliphatic rings. The molecule has 1 atom stereocenters. The van der Waals surface area contributed by atoms with E-state index in [1.807, 2.05) is 20.0 Å². The van der Waals surface area contributed by atoms with Crippen molar-refractivity contribution in [2.75, 3.05) is 18.0 Å². The van der Waals surface area contributed by atoms with E-state index in [4.69, 9.17) is 5.73 Å². The average Bonchev–Trinajstić information content (AvgIpc) is 3.29. The summed E-state index contributed by atoms with van der Waals surface area (Å²) in [6.45, 7) is 4.23. The average molecular weight is 379 g/mol. The second kappa shape index (κ2) is 5.93. The number of β-amino-alcohol motifs (C(OH)–C–C–N with tert-alkyl or cyclic N) is 1.